The van der Waals surface area contributed by atoms with Crippen LogP contribution in [0.4, 0.5) is 14.0 Å². The van der Waals surface area contributed by atoms with Crippen LogP contribution in [-0.4, -0.2) is 121 Å². The average molecular weight is 996 g/mol. The van der Waals surface area contributed by atoms with Gasteiger partial charge >= 0.3 is 12.2 Å². The number of fused-ring (bicyclic) bond motifs is 6. The van der Waals surface area contributed by atoms with E-state index in [-0.39, 0.29) is 35.7 Å². The Balaban J connectivity index is 0.866. The molecule has 0 aliphatic carbocycles. The van der Waals surface area contributed by atoms with Crippen molar-refractivity contribution in [3.63, 3.8) is 0 Å². The van der Waals surface area contributed by atoms with Crippen LogP contribution in [0, 0.1) is 17.7 Å². The number of halogens is 1. The minimum Gasteiger partial charge on any atom is -0.493 e. The summed E-state index contributed by atoms with van der Waals surface area (Å²) in [7, 11) is 2.59. The first-order valence-corrected chi connectivity index (χ1v) is 25.8. The van der Waals surface area contributed by atoms with E-state index >= 15 is 4.39 Å². The highest BCUT2D eigenvalue weighted by Crippen LogP contribution is 2.48. The molecule has 3 aromatic carbocycles. The van der Waals surface area contributed by atoms with Crippen molar-refractivity contribution in [1.29, 1.82) is 0 Å². The smallest absolute Gasteiger partial charge is 0.407 e. The zero-order valence-electron chi connectivity index (χ0n) is 41.8. The molecule has 5 atom stereocenters. The Morgan fingerprint density at radius 1 is 0.740 bits per heavy atom. The monoisotopic (exact) mass is 995 g/mol. The fourth-order valence-electron chi connectivity index (χ4n) is 12.0. The standard InChI is InChI=1S/C56H62FN7O9/c1-31(2)50(60-55(67)69-3)52(65)62-17-5-9-44(62)41-24-38(29-58-41)34-13-14-43-37(22-34)26-46-49-40(57)23-36(28-48(49)73-54(64(43)46)35-12-11-32-8-7-19-72-47(32)27-35)39-25-42(59-30-39)45-10-6-18-63(45)53(66)51(61-56(68)70-4)33-15-20-71-21-16-33/h11-14,22-23,26-31,33,44-45,50-51,54H,5-10,15-21,24-25H2,1-4H3,(H,60,67)(H,61,68)/t44-,45-,50-,51-,54?/m0/s1. The van der Waals surface area contributed by atoms with E-state index < -0.39 is 36.3 Å². The second kappa shape index (κ2) is 20.1. The van der Waals surface area contributed by atoms with Crippen molar-refractivity contribution in [3.8, 4) is 22.8 Å². The number of likely N-dealkylation sites (tertiary alicyclic amines) is 2. The van der Waals surface area contributed by atoms with Crippen molar-refractivity contribution in [1.82, 2.24) is 25.0 Å². The predicted octanol–water partition coefficient (Wildman–Crippen LogP) is 8.60. The molecule has 7 aliphatic heterocycles. The van der Waals surface area contributed by atoms with Gasteiger partial charge in [-0.05, 0) is 127 Å². The lowest BCUT2D eigenvalue weighted by Gasteiger charge is -2.34. The summed E-state index contributed by atoms with van der Waals surface area (Å²) in [5.41, 5.74) is 9.08. The normalized spacial score (nSPS) is 22.2. The number of carbonyl (C=O) groups excluding carboxylic acids is 4. The van der Waals surface area contributed by atoms with Gasteiger partial charge in [0.2, 0.25) is 18.0 Å². The fraction of sp³-hybridized carbons (Fsp3) is 0.464. The van der Waals surface area contributed by atoms with Gasteiger partial charge in [-0.1, -0.05) is 32.0 Å². The lowest BCUT2D eigenvalue weighted by molar-refractivity contribution is -0.135. The molecular formula is C56H62FN7O9. The Labute approximate surface area is 423 Å². The predicted molar refractivity (Wildman–Crippen MR) is 273 cm³/mol. The molecule has 3 saturated heterocycles. The van der Waals surface area contributed by atoms with Crippen molar-refractivity contribution >= 4 is 57.5 Å². The Hall–Kier alpha value is -7.01. The Morgan fingerprint density at radius 3 is 2.12 bits per heavy atom. The van der Waals surface area contributed by atoms with E-state index in [0.29, 0.717) is 81.2 Å². The molecule has 3 fully saturated rings. The van der Waals surface area contributed by atoms with Gasteiger partial charge in [-0.15, -0.1) is 0 Å². The Morgan fingerprint density at radius 2 is 1.42 bits per heavy atom. The largest absolute Gasteiger partial charge is 0.493 e. The van der Waals surface area contributed by atoms with Gasteiger partial charge in [0, 0.05) is 73.9 Å². The number of benzene rings is 3. The fourth-order valence-corrected chi connectivity index (χ4v) is 12.0. The minimum absolute atomic E-state index is 0.0816. The number of rotatable bonds is 11. The van der Waals surface area contributed by atoms with Crippen LogP contribution >= 0.6 is 0 Å². The van der Waals surface area contributed by atoms with Gasteiger partial charge in [0.05, 0.1) is 49.7 Å². The number of carbonyl (C=O) groups is 4. The van der Waals surface area contributed by atoms with E-state index in [1.165, 1.54) is 14.2 Å². The highest BCUT2D eigenvalue weighted by atomic mass is 19.1. The maximum atomic E-state index is 17.1. The molecule has 8 heterocycles. The van der Waals surface area contributed by atoms with Gasteiger partial charge in [0.1, 0.15) is 29.4 Å². The molecule has 0 radical (unpaired) electrons. The van der Waals surface area contributed by atoms with Crippen LogP contribution in [0.3, 0.4) is 0 Å². The lowest BCUT2D eigenvalue weighted by Crippen LogP contribution is -2.55. The van der Waals surface area contributed by atoms with Crippen molar-refractivity contribution < 1.29 is 47.3 Å². The van der Waals surface area contributed by atoms with Crippen molar-refractivity contribution in [2.75, 3.05) is 47.1 Å². The molecule has 73 heavy (non-hydrogen) atoms. The number of ether oxygens (including phenoxy) is 5. The number of hydrogen-bond acceptors (Lipinski definition) is 11. The SMILES string of the molecule is COC(=O)N[C@H](C(=O)N1CCC[C@H]1C1=NC=C(c2ccc3c(c2)cc2n3C(c3ccc4c(c3)OCCC4)Oc3cc(C4=CN=C([C@@H]5CCCN5C(=O)[C@@H](NC(=O)OC)C5CCOCC5)C4)cc(F)c3-2)C1)C(C)C. The molecule has 11 rings (SSSR count). The highest BCUT2D eigenvalue weighted by molar-refractivity contribution is 6.06. The van der Waals surface area contributed by atoms with Crippen LogP contribution in [0.5, 0.6) is 11.5 Å². The molecular weight excluding hydrogens is 934 g/mol. The quantitative estimate of drug-likeness (QED) is 0.149. The van der Waals surface area contributed by atoms with E-state index in [9.17, 15) is 19.2 Å². The average Bonchev–Trinajstić information content (AvgIpc) is 4.28. The number of alkyl carbamates (subject to hydrolysis) is 2. The number of allylic oxidation sites excluding steroid dienone is 2. The summed E-state index contributed by atoms with van der Waals surface area (Å²) in [6.07, 6.45) is 9.02. The van der Waals surface area contributed by atoms with E-state index in [1.807, 2.05) is 48.0 Å². The van der Waals surface area contributed by atoms with Crippen molar-refractivity contribution in [2.45, 2.75) is 108 Å². The molecule has 4 amide bonds. The van der Waals surface area contributed by atoms with E-state index in [0.717, 1.165) is 94.4 Å². The zero-order valence-corrected chi connectivity index (χ0v) is 41.8. The third-order valence-electron chi connectivity index (χ3n) is 15.8. The topological polar surface area (TPSA) is 175 Å². The molecule has 0 bridgehead atoms. The number of aromatic nitrogens is 1. The van der Waals surface area contributed by atoms with E-state index in [1.54, 1.807) is 12.3 Å². The van der Waals surface area contributed by atoms with Gasteiger partial charge in [0.15, 0.2) is 0 Å². The Kier molecular flexibility index (Phi) is 13.3. The van der Waals surface area contributed by atoms with E-state index in [2.05, 4.69) is 45.5 Å². The molecule has 4 aromatic rings. The molecule has 1 unspecified atom stereocenters. The third-order valence-corrected chi connectivity index (χ3v) is 15.8. The van der Waals surface area contributed by atoms with Crippen LogP contribution < -0.4 is 20.1 Å². The number of aryl methyl sites for hydroxylation is 1. The number of aliphatic imine (C=N–C) groups is 2. The number of hydrogen-bond donors (Lipinski definition) is 2. The molecule has 2 N–H and O–H groups in total. The van der Waals surface area contributed by atoms with Gasteiger partial charge in [-0.2, -0.15) is 0 Å². The van der Waals surface area contributed by atoms with Gasteiger partial charge in [-0.25, -0.2) is 14.0 Å². The molecule has 382 valence electrons. The lowest BCUT2D eigenvalue weighted by atomic mass is 9.90. The van der Waals surface area contributed by atoms with Gasteiger partial charge in [0.25, 0.3) is 0 Å². The van der Waals surface area contributed by atoms with E-state index in [4.69, 9.17) is 33.7 Å². The Bertz CT molecular complexity index is 3010. The second-order valence-corrected chi connectivity index (χ2v) is 20.5. The van der Waals surface area contributed by atoms with Crippen LogP contribution in [0.25, 0.3) is 33.3 Å². The third kappa shape index (κ3) is 9.14. The van der Waals surface area contributed by atoms with Crippen molar-refractivity contribution in [2.24, 2.45) is 21.8 Å². The first-order valence-electron chi connectivity index (χ1n) is 25.8. The van der Waals surface area contributed by atoms with Gasteiger partial charge in [-0.3, -0.25) is 19.6 Å². The second-order valence-electron chi connectivity index (χ2n) is 20.5. The van der Waals surface area contributed by atoms with Crippen LogP contribution in [0.15, 0.2) is 77.0 Å². The number of methoxy groups -OCH3 is 2. The maximum absolute atomic E-state index is 17.1. The van der Waals surface area contributed by atoms with Crippen LogP contribution in [0.2, 0.25) is 0 Å². The summed E-state index contributed by atoms with van der Waals surface area (Å²) in [5, 5.41) is 6.46. The summed E-state index contributed by atoms with van der Waals surface area (Å²) in [5.74, 6) is 0.283. The summed E-state index contributed by atoms with van der Waals surface area (Å²) >= 11 is 0. The summed E-state index contributed by atoms with van der Waals surface area (Å²) in [6.45, 7) is 6.61. The van der Waals surface area contributed by atoms with Crippen molar-refractivity contribution in [3.05, 3.63) is 95.1 Å². The maximum Gasteiger partial charge on any atom is 0.407 e. The van der Waals surface area contributed by atoms with Gasteiger partial charge < -0.3 is 48.7 Å². The molecule has 7 aliphatic rings. The number of nitrogens with one attached hydrogen (secondary N) is 2. The van der Waals surface area contributed by atoms with Crippen LogP contribution in [-0.2, 0) is 30.2 Å². The first kappa shape index (κ1) is 48.3. The molecule has 1 aromatic heterocycles. The molecule has 0 saturated carbocycles. The minimum atomic E-state index is -0.744. The molecule has 16 nitrogen and oxygen atoms in total. The van der Waals surface area contributed by atoms with Crippen LogP contribution in [0.1, 0.15) is 100 Å². The first-order chi connectivity index (χ1) is 35.5. The summed E-state index contributed by atoms with van der Waals surface area (Å²) < 4.78 is 47.6. The summed E-state index contributed by atoms with van der Waals surface area (Å²) in [4.78, 5) is 66.3. The number of nitrogens with zero attached hydrogens (tertiary/aromatic N) is 5. The molecule has 0 spiro atoms. The highest BCUT2D eigenvalue weighted by Gasteiger charge is 2.42. The molecule has 17 heteroatoms. The zero-order chi connectivity index (χ0) is 50.5. The summed E-state index contributed by atoms with van der Waals surface area (Å²) in [6, 6.07) is 16.0. The number of amides is 4.